The first-order chi connectivity index (χ1) is 14.1. The first-order valence-corrected chi connectivity index (χ1v) is 10.7. The highest BCUT2D eigenvalue weighted by Crippen LogP contribution is 2.23. The predicted octanol–water partition coefficient (Wildman–Crippen LogP) is 1.61. The van der Waals surface area contributed by atoms with E-state index in [4.69, 9.17) is 0 Å². The predicted molar refractivity (Wildman–Crippen MR) is 112 cm³/mol. The van der Waals surface area contributed by atoms with Crippen molar-refractivity contribution in [3.8, 4) is 0 Å². The number of amides is 2. The van der Waals surface area contributed by atoms with Crippen LogP contribution in [0.2, 0.25) is 0 Å². The van der Waals surface area contributed by atoms with Crippen LogP contribution < -0.4 is 0 Å². The maximum atomic E-state index is 12.9. The topological polar surface area (TPSA) is 61.7 Å². The Morgan fingerprint density at radius 1 is 1.07 bits per heavy atom. The third kappa shape index (κ3) is 4.15. The number of hydrogen-bond acceptors (Lipinski definition) is 4. The van der Waals surface area contributed by atoms with Crippen LogP contribution in [0.5, 0.6) is 0 Å². The molecule has 0 atom stereocenters. The number of carbonyl (C=O) groups is 2. The van der Waals surface area contributed by atoms with Crippen molar-refractivity contribution in [3.63, 3.8) is 0 Å². The zero-order valence-electron chi connectivity index (χ0n) is 17.5. The van der Waals surface area contributed by atoms with Gasteiger partial charge in [0.25, 0.3) is 0 Å². The quantitative estimate of drug-likeness (QED) is 0.787. The molecule has 2 fully saturated rings. The van der Waals surface area contributed by atoms with E-state index in [1.165, 1.54) is 5.56 Å². The lowest BCUT2D eigenvalue weighted by Gasteiger charge is -2.37. The fourth-order valence-corrected chi connectivity index (χ4v) is 4.53. The molecular formula is C22H31N5O2. The molecular weight excluding hydrogens is 366 g/mol. The Kier molecular flexibility index (Phi) is 5.85. The van der Waals surface area contributed by atoms with Crippen LogP contribution in [0.25, 0.3) is 10.9 Å². The van der Waals surface area contributed by atoms with Crippen LogP contribution in [0.15, 0.2) is 24.7 Å². The molecule has 0 radical (unpaired) electrons. The van der Waals surface area contributed by atoms with Crippen LogP contribution in [0, 0.1) is 5.92 Å². The number of piperazine rings is 1. The molecule has 0 N–H and O–H groups in total. The molecule has 0 unspecified atom stereocenters. The van der Waals surface area contributed by atoms with Crippen molar-refractivity contribution in [1.82, 2.24) is 24.3 Å². The fraction of sp³-hybridized carbons (Fsp3) is 0.591. The fourth-order valence-electron chi connectivity index (χ4n) is 4.53. The third-order valence-electron chi connectivity index (χ3n) is 6.46. The lowest BCUT2D eigenvalue weighted by molar-refractivity contribution is -0.142. The molecule has 7 nitrogen and oxygen atoms in total. The van der Waals surface area contributed by atoms with E-state index in [0.29, 0.717) is 19.6 Å². The summed E-state index contributed by atoms with van der Waals surface area (Å²) in [5, 5.41) is 1.12. The van der Waals surface area contributed by atoms with E-state index < -0.39 is 0 Å². The number of hydrogen-bond donors (Lipinski definition) is 0. The van der Waals surface area contributed by atoms with Gasteiger partial charge in [-0.1, -0.05) is 6.92 Å². The SMILES string of the molecule is CCc1cn(CC(=O)N2CCC(C(=O)N3CCN(C)CC3)CC2)c2ccncc12. The summed E-state index contributed by atoms with van der Waals surface area (Å²) >= 11 is 0. The summed E-state index contributed by atoms with van der Waals surface area (Å²) in [4.78, 5) is 36.1. The Bertz CT molecular complexity index is 876. The van der Waals surface area contributed by atoms with Gasteiger partial charge in [-0.05, 0) is 37.9 Å². The summed E-state index contributed by atoms with van der Waals surface area (Å²) in [5.74, 6) is 0.473. The van der Waals surface area contributed by atoms with Gasteiger partial charge in [-0.2, -0.15) is 0 Å². The Morgan fingerprint density at radius 3 is 2.48 bits per heavy atom. The van der Waals surface area contributed by atoms with Crippen LogP contribution in [-0.2, 0) is 22.6 Å². The van der Waals surface area contributed by atoms with E-state index in [2.05, 4.69) is 30.1 Å². The number of likely N-dealkylation sites (N-methyl/N-ethyl adjacent to an activating group) is 1. The molecule has 0 spiro atoms. The minimum absolute atomic E-state index is 0.0626. The van der Waals surface area contributed by atoms with E-state index in [1.807, 2.05) is 26.6 Å². The summed E-state index contributed by atoms with van der Waals surface area (Å²) in [5.41, 5.74) is 2.28. The largest absolute Gasteiger partial charge is 0.341 e. The van der Waals surface area contributed by atoms with Crippen molar-refractivity contribution < 1.29 is 9.59 Å². The van der Waals surface area contributed by atoms with Crippen molar-refractivity contribution in [3.05, 3.63) is 30.2 Å². The number of rotatable bonds is 4. The molecule has 2 aromatic rings. The van der Waals surface area contributed by atoms with Crippen molar-refractivity contribution in [2.24, 2.45) is 5.92 Å². The Labute approximate surface area is 172 Å². The molecule has 0 saturated carbocycles. The molecule has 2 aliphatic rings. The normalized spacial score (nSPS) is 19.1. The third-order valence-corrected chi connectivity index (χ3v) is 6.46. The van der Waals surface area contributed by atoms with Gasteiger partial charge in [0.2, 0.25) is 11.8 Å². The van der Waals surface area contributed by atoms with Crippen molar-refractivity contribution in [1.29, 1.82) is 0 Å². The number of piperidine rings is 1. The van der Waals surface area contributed by atoms with Crippen LogP contribution in [0.4, 0.5) is 0 Å². The molecule has 4 rings (SSSR count). The van der Waals surface area contributed by atoms with Crippen LogP contribution in [0.1, 0.15) is 25.3 Å². The first-order valence-electron chi connectivity index (χ1n) is 10.7. The van der Waals surface area contributed by atoms with E-state index >= 15 is 0 Å². The zero-order chi connectivity index (χ0) is 20.4. The first kappa shape index (κ1) is 19.9. The van der Waals surface area contributed by atoms with Gasteiger partial charge in [0.05, 0.1) is 5.52 Å². The van der Waals surface area contributed by atoms with E-state index in [-0.39, 0.29) is 17.7 Å². The van der Waals surface area contributed by atoms with Gasteiger partial charge < -0.3 is 19.3 Å². The molecule has 4 heterocycles. The number of carbonyl (C=O) groups excluding carboxylic acids is 2. The van der Waals surface area contributed by atoms with Crippen molar-refractivity contribution >= 4 is 22.7 Å². The van der Waals surface area contributed by atoms with E-state index in [0.717, 1.165) is 56.3 Å². The van der Waals surface area contributed by atoms with Gasteiger partial charge in [0.15, 0.2) is 0 Å². The summed E-state index contributed by atoms with van der Waals surface area (Å²) in [6.45, 7) is 7.35. The highest BCUT2D eigenvalue weighted by Gasteiger charge is 2.31. The second kappa shape index (κ2) is 8.53. The van der Waals surface area contributed by atoms with Crippen molar-refractivity contribution in [2.45, 2.75) is 32.7 Å². The summed E-state index contributed by atoms with van der Waals surface area (Å²) in [7, 11) is 2.10. The van der Waals surface area contributed by atoms with E-state index in [1.54, 1.807) is 6.20 Å². The molecule has 156 valence electrons. The van der Waals surface area contributed by atoms with E-state index in [9.17, 15) is 9.59 Å². The molecule has 2 saturated heterocycles. The smallest absolute Gasteiger partial charge is 0.242 e. The second-order valence-corrected chi connectivity index (χ2v) is 8.31. The summed E-state index contributed by atoms with van der Waals surface area (Å²) < 4.78 is 2.04. The Hall–Kier alpha value is -2.41. The molecule has 29 heavy (non-hydrogen) atoms. The Morgan fingerprint density at radius 2 is 1.79 bits per heavy atom. The standard InChI is InChI=1S/C22H31N5O2/c1-3-17-15-27(20-4-7-23-14-19(17)20)16-21(28)25-8-5-18(6-9-25)22(29)26-12-10-24(2)11-13-26/h4,7,14-15,18H,3,5-6,8-13,16H2,1-2H3. The average molecular weight is 398 g/mol. The second-order valence-electron chi connectivity index (χ2n) is 8.31. The van der Waals surface area contributed by atoms with Gasteiger partial charge in [-0.25, -0.2) is 0 Å². The van der Waals surface area contributed by atoms with Gasteiger partial charge in [-0.3, -0.25) is 14.6 Å². The number of pyridine rings is 1. The van der Waals surface area contributed by atoms with Gasteiger partial charge in [0.1, 0.15) is 6.54 Å². The maximum Gasteiger partial charge on any atom is 0.242 e. The molecule has 2 aliphatic heterocycles. The molecule has 2 aromatic heterocycles. The molecule has 0 aromatic carbocycles. The number of aromatic nitrogens is 2. The minimum Gasteiger partial charge on any atom is -0.341 e. The number of fused-ring (bicyclic) bond motifs is 1. The maximum absolute atomic E-state index is 12.9. The zero-order valence-corrected chi connectivity index (χ0v) is 17.5. The minimum atomic E-state index is 0.0626. The number of nitrogens with zero attached hydrogens (tertiary/aromatic N) is 5. The molecule has 0 bridgehead atoms. The van der Waals surface area contributed by atoms with Crippen LogP contribution in [-0.4, -0.2) is 82.4 Å². The monoisotopic (exact) mass is 397 g/mol. The number of likely N-dealkylation sites (tertiary alicyclic amines) is 1. The summed E-state index contributed by atoms with van der Waals surface area (Å²) in [6.07, 6.45) is 8.20. The highest BCUT2D eigenvalue weighted by atomic mass is 16.2. The van der Waals surface area contributed by atoms with Gasteiger partial charge in [0, 0.05) is 69.2 Å². The van der Waals surface area contributed by atoms with Crippen molar-refractivity contribution in [2.75, 3.05) is 46.3 Å². The molecule has 2 amide bonds. The van der Waals surface area contributed by atoms with Gasteiger partial charge >= 0.3 is 0 Å². The molecule has 7 heteroatoms. The lowest BCUT2D eigenvalue weighted by Crippen LogP contribution is -2.51. The molecule has 0 aliphatic carbocycles. The van der Waals surface area contributed by atoms with Crippen LogP contribution >= 0.6 is 0 Å². The van der Waals surface area contributed by atoms with Crippen LogP contribution in [0.3, 0.4) is 0 Å². The lowest BCUT2D eigenvalue weighted by atomic mass is 9.95. The highest BCUT2D eigenvalue weighted by molar-refractivity contribution is 5.85. The average Bonchev–Trinajstić information content (AvgIpc) is 3.11. The van der Waals surface area contributed by atoms with Gasteiger partial charge in [-0.15, -0.1) is 0 Å². The number of aryl methyl sites for hydroxylation is 1. The Balaban J connectivity index is 1.34. The summed E-state index contributed by atoms with van der Waals surface area (Å²) in [6, 6.07) is 1.97.